The third kappa shape index (κ3) is 3.20. The van der Waals surface area contributed by atoms with Crippen LogP contribution in [0.3, 0.4) is 0 Å². The number of nitrogens with zero attached hydrogens (tertiary/aromatic N) is 3. The summed E-state index contributed by atoms with van der Waals surface area (Å²) in [4.78, 5) is 23.4. The third-order valence-corrected chi connectivity index (χ3v) is 6.70. The quantitative estimate of drug-likeness (QED) is 0.744. The number of thiazole rings is 1. The van der Waals surface area contributed by atoms with Crippen molar-refractivity contribution in [2.45, 2.75) is 6.92 Å². The first-order valence-electron chi connectivity index (χ1n) is 8.47. The van der Waals surface area contributed by atoms with Crippen LogP contribution in [0, 0.1) is 6.92 Å². The van der Waals surface area contributed by atoms with E-state index in [4.69, 9.17) is 0 Å². The number of anilines is 1. The lowest BCUT2D eigenvalue weighted by Crippen LogP contribution is -2.48. The normalized spacial score (nSPS) is 14.7. The molecule has 1 N–H and O–H groups in total. The molecular weight excluding hydrogens is 366 g/mol. The number of phenolic OH excluding ortho intramolecular Hbond substituents is 1. The summed E-state index contributed by atoms with van der Waals surface area (Å²) in [6.07, 6.45) is 0. The van der Waals surface area contributed by atoms with Crippen molar-refractivity contribution < 1.29 is 9.90 Å². The number of hydrogen-bond acceptors (Lipinski definition) is 6. The van der Waals surface area contributed by atoms with Crippen LogP contribution in [0.5, 0.6) is 5.75 Å². The highest BCUT2D eigenvalue weighted by molar-refractivity contribution is 7.22. The fraction of sp³-hybridized carbons (Fsp3) is 0.263. The summed E-state index contributed by atoms with van der Waals surface area (Å²) in [5, 5.41) is 12.9. The third-order valence-electron chi connectivity index (χ3n) is 4.51. The molecule has 3 heterocycles. The number of para-hydroxylation sites is 2. The number of hydrogen-bond donors (Lipinski definition) is 1. The first kappa shape index (κ1) is 17.1. The summed E-state index contributed by atoms with van der Waals surface area (Å²) in [5.41, 5.74) is 1.63. The summed E-state index contributed by atoms with van der Waals surface area (Å²) in [7, 11) is 0. The van der Waals surface area contributed by atoms with Gasteiger partial charge in [-0.15, -0.1) is 22.7 Å². The van der Waals surface area contributed by atoms with Crippen molar-refractivity contribution in [3.63, 3.8) is 0 Å². The number of thiophene rings is 1. The van der Waals surface area contributed by atoms with Gasteiger partial charge in [0, 0.05) is 26.2 Å². The van der Waals surface area contributed by atoms with Gasteiger partial charge in [-0.25, -0.2) is 4.98 Å². The molecule has 5 nitrogen and oxygen atoms in total. The molecule has 7 heteroatoms. The Hall–Kier alpha value is -2.38. The van der Waals surface area contributed by atoms with Crippen LogP contribution in [-0.2, 0) is 0 Å². The molecular formula is C19H19N3O2S2. The smallest absolute Gasteiger partial charge is 0.265 e. The lowest BCUT2D eigenvalue weighted by molar-refractivity contribution is 0.0750. The lowest BCUT2D eigenvalue weighted by atomic mass is 10.2. The van der Waals surface area contributed by atoms with Crippen LogP contribution in [0.2, 0.25) is 0 Å². The average molecular weight is 386 g/mol. The topological polar surface area (TPSA) is 56.7 Å². The number of carbonyl (C=O) groups is 1. The Morgan fingerprint density at radius 3 is 2.58 bits per heavy atom. The van der Waals surface area contributed by atoms with Gasteiger partial charge >= 0.3 is 0 Å². The van der Waals surface area contributed by atoms with Crippen molar-refractivity contribution in [2.75, 3.05) is 31.1 Å². The van der Waals surface area contributed by atoms with Crippen molar-refractivity contribution in [3.8, 4) is 15.6 Å². The monoisotopic (exact) mass is 385 g/mol. The van der Waals surface area contributed by atoms with Crippen LogP contribution in [0.4, 0.5) is 5.69 Å². The maximum Gasteiger partial charge on any atom is 0.265 e. The van der Waals surface area contributed by atoms with Crippen molar-refractivity contribution >= 4 is 34.3 Å². The number of benzene rings is 1. The van der Waals surface area contributed by atoms with Gasteiger partial charge in [-0.1, -0.05) is 18.2 Å². The molecule has 1 fully saturated rings. The molecule has 0 radical (unpaired) electrons. The van der Waals surface area contributed by atoms with E-state index in [-0.39, 0.29) is 11.7 Å². The van der Waals surface area contributed by atoms with Gasteiger partial charge < -0.3 is 14.9 Å². The summed E-state index contributed by atoms with van der Waals surface area (Å²) < 4.78 is 0. The Labute approximate surface area is 160 Å². The molecule has 26 heavy (non-hydrogen) atoms. The Bertz CT molecular complexity index is 913. The molecule has 0 bridgehead atoms. The van der Waals surface area contributed by atoms with Gasteiger partial charge in [0.15, 0.2) is 0 Å². The SMILES string of the molecule is Cc1nc(-c2cccs2)sc1C(=O)N1CCN(c2ccccc2O)CC1. The van der Waals surface area contributed by atoms with E-state index < -0.39 is 0 Å². The molecule has 134 valence electrons. The second-order valence-corrected chi connectivity index (χ2v) is 8.13. The lowest BCUT2D eigenvalue weighted by Gasteiger charge is -2.36. The Morgan fingerprint density at radius 1 is 1.12 bits per heavy atom. The first-order valence-corrected chi connectivity index (χ1v) is 10.2. The van der Waals surface area contributed by atoms with E-state index in [0.29, 0.717) is 26.2 Å². The zero-order valence-corrected chi connectivity index (χ0v) is 16.0. The van der Waals surface area contributed by atoms with Crippen molar-refractivity contribution in [1.82, 2.24) is 9.88 Å². The molecule has 0 saturated carbocycles. The molecule has 0 aliphatic carbocycles. The predicted octanol–water partition coefficient (Wildman–Crippen LogP) is 3.85. The van der Waals surface area contributed by atoms with Crippen molar-refractivity contribution in [3.05, 3.63) is 52.3 Å². The van der Waals surface area contributed by atoms with E-state index in [1.54, 1.807) is 17.4 Å². The van der Waals surface area contributed by atoms with Gasteiger partial charge in [0.1, 0.15) is 15.6 Å². The van der Waals surface area contributed by atoms with E-state index >= 15 is 0 Å². The summed E-state index contributed by atoms with van der Waals surface area (Å²) >= 11 is 3.11. The second-order valence-electron chi connectivity index (χ2n) is 6.18. The van der Waals surface area contributed by atoms with Gasteiger partial charge in [0.25, 0.3) is 5.91 Å². The van der Waals surface area contributed by atoms with Crippen LogP contribution in [0.1, 0.15) is 15.4 Å². The molecule has 1 amide bonds. The molecule has 0 spiro atoms. The average Bonchev–Trinajstić information content (AvgIpc) is 3.31. The number of amides is 1. The molecule has 3 aromatic rings. The fourth-order valence-corrected chi connectivity index (χ4v) is 4.96. The van der Waals surface area contributed by atoms with Gasteiger partial charge in [-0.05, 0) is 30.5 Å². The van der Waals surface area contributed by atoms with Gasteiger partial charge in [0.05, 0.1) is 16.3 Å². The largest absolute Gasteiger partial charge is 0.506 e. The number of carbonyl (C=O) groups excluding carboxylic acids is 1. The van der Waals surface area contributed by atoms with Crippen LogP contribution in [-0.4, -0.2) is 47.1 Å². The molecule has 2 aromatic heterocycles. The summed E-state index contributed by atoms with van der Waals surface area (Å²) in [6, 6.07) is 11.4. The molecule has 1 aromatic carbocycles. The minimum atomic E-state index is 0.0553. The number of rotatable bonds is 3. The highest BCUT2D eigenvalue weighted by Crippen LogP contribution is 2.32. The minimum absolute atomic E-state index is 0.0553. The molecule has 0 unspecified atom stereocenters. The first-order chi connectivity index (χ1) is 12.6. The second kappa shape index (κ2) is 7.09. The summed E-state index contributed by atoms with van der Waals surface area (Å²) in [5.74, 6) is 0.339. The van der Waals surface area contributed by atoms with Crippen LogP contribution >= 0.6 is 22.7 Å². The van der Waals surface area contributed by atoms with E-state index in [9.17, 15) is 9.90 Å². The van der Waals surface area contributed by atoms with E-state index in [1.165, 1.54) is 11.3 Å². The molecule has 1 aliphatic heterocycles. The van der Waals surface area contributed by atoms with Crippen LogP contribution in [0.15, 0.2) is 41.8 Å². The van der Waals surface area contributed by atoms with Gasteiger partial charge in [-0.2, -0.15) is 0 Å². The zero-order valence-electron chi connectivity index (χ0n) is 14.4. The van der Waals surface area contributed by atoms with Crippen LogP contribution < -0.4 is 4.90 Å². The number of aromatic nitrogens is 1. The number of phenols is 1. The Kier molecular flexibility index (Phi) is 4.65. The van der Waals surface area contributed by atoms with Gasteiger partial charge in [-0.3, -0.25) is 4.79 Å². The number of piperazine rings is 1. The Morgan fingerprint density at radius 2 is 1.88 bits per heavy atom. The molecule has 1 saturated heterocycles. The maximum atomic E-state index is 12.9. The highest BCUT2D eigenvalue weighted by atomic mass is 32.1. The highest BCUT2D eigenvalue weighted by Gasteiger charge is 2.26. The van der Waals surface area contributed by atoms with Gasteiger partial charge in [0.2, 0.25) is 0 Å². The van der Waals surface area contributed by atoms with E-state index in [0.717, 1.165) is 26.1 Å². The minimum Gasteiger partial charge on any atom is -0.506 e. The molecule has 0 atom stereocenters. The fourth-order valence-electron chi connectivity index (χ4n) is 3.13. The Balaban J connectivity index is 1.47. The number of aryl methyl sites for hydroxylation is 1. The molecule has 1 aliphatic rings. The maximum absolute atomic E-state index is 12.9. The number of aromatic hydroxyl groups is 1. The standard InChI is InChI=1S/C19H19N3O2S2/c1-13-17(26-18(20-13)16-7-4-12-25-16)19(24)22-10-8-21(9-11-22)14-5-2-3-6-15(14)23/h2-7,12,23H,8-11H2,1H3. The zero-order chi connectivity index (χ0) is 18.1. The molecule has 4 rings (SSSR count). The van der Waals surface area contributed by atoms with E-state index in [2.05, 4.69) is 9.88 Å². The van der Waals surface area contributed by atoms with Crippen molar-refractivity contribution in [1.29, 1.82) is 0 Å². The van der Waals surface area contributed by atoms with Crippen LogP contribution in [0.25, 0.3) is 9.88 Å². The van der Waals surface area contributed by atoms with E-state index in [1.807, 2.05) is 47.5 Å². The summed E-state index contributed by atoms with van der Waals surface area (Å²) in [6.45, 7) is 4.59. The van der Waals surface area contributed by atoms with Crippen molar-refractivity contribution in [2.24, 2.45) is 0 Å². The predicted molar refractivity (Wildman–Crippen MR) is 106 cm³/mol.